The van der Waals surface area contributed by atoms with Gasteiger partial charge in [-0.05, 0) is 37.8 Å². The molecule has 2 aromatic rings. The number of ether oxygens (including phenoxy) is 1. The van der Waals surface area contributed by atoms with Crippen LogP contribution in [0, 0.1) is 5.92 Å². The fourth-order valence-electron chi connectivity index (χ4n) is 6.66. The second kappa shape index (κ2) is 6.45. The van der Waals surface area contributed by atoms with Crippen LogP contribution < -0.4 is 0 Å². The Kier molecular flexibility index (Phi) is 4.13. The Morgan fingerprint density at radius 2 is 1.64 bits per heavy atom. The van der Waals surface area contributed by atoms with Gasteiger partial charge in [0.25, 0.3) is 0 Å². The summed E-state index contributed by atoms with van der Waals surface area (Å²) in [4.78, 5) is 12.6. The van der Waals surface area contributed by atoms with Crippen molar-refractivity contribution in [1.82, 2.24) is 0 Å². The van der Waals surface area contributed by atoms with Crippen molar-refractivity contribution in [3.63, 3.8) is 0 Å². The van der Waals surface area contributed by atoms with E-state index in [2.05, 4.69) is 55.5 Å². The minimum absolute atomic E-state index is 0.00800. The Bertz CT molecular complexity index is 873. The molecule has 0 bridgehead atoms. The lowest BCUT2D eigenvalue weighted by atomic mass is 9.82. The number of rotatable bonds is 3. The Labute approximate surface area is 167 Å². The molecule has 3 unspecified atom stereocenters. The van der Waals surface area contributed by atoms with Crippen molar-refractivity contribution in [1.29, 1.82) is 0 Å². The number of quaternary nitrogens is 1. The van der Waals surface area contributed by atoms with E-state index in [1.54, 1.807) is 0 Å². The summed E-state index contributed by atoms with van der Waals surface area (Å²) >= 11 is 0. The molecule has 3 nitrogen and oxygen atoms in total. The zero-order valence-electron chi connectivity index (χ0n) is 17.0. The van der Waals surface area contributed by atoms with Crippen LogP contribution in [0.4, 0.5) is 0 Å². The van der Waals surface area contributed by atoms with E-state index < -0.39 is 0 Å². The third-order valence-electron chi connectivity index (χ3n) is 7.80. The van der Waals surface area contributed by atoms with Gasteiger partial charge in [-0.25, -0.2) is 0 Å². The van der Waals surface area contributed by atoms with E-state index in [1.807, 2.05) is 6.92 Å². The predicted octanol–water partition coefficient (Wildman–Crippen LogP) is 4.22. The number of fused-ring (bicyclic) bond motifs is 7. The van der Waals surface area contributed by atoms with Gasteiger partial charge < -0.3 is 4.74 Å². The highest BCUT2D eigenvalue weighted by Gasteiger charge is 2.81. The van der Waals surface area contributed by atoms with Crippen molar-refractivity contribution < 1.29 is 14.0 Å². The fraction of sp³-hybridized carbons (Fsp3) is 0.480. The maximum absolute atomic E-state index is 12.6. The number of aryl methyl sites for hydroxylation is 2. The molecule has 3 aliphatic rings. The lowest BCUT2D eigenvalue weighted by Gasteiger charge is -2.30. The number of esters is 1. The standard InChI is InChI=1S/C25H30NO2/c1-3-26-16-15-20(24(27)28-4-2)17-23(26)25(26)21-11-7-5-9-18(21)13-14-19-10-6-8-12-22(19)25/h5-12,20,23H,3-4,13-17H2,1-2H3/q+1. The van der Waals surface area contributed by atoms with Crippen LogP contribution in [0.25, 0.3) is 0 Å². The maximum atomic E-state index is 12.6. The summed E-state index contributed by atoms with van der Waals surface area (Å²) in [6, 6.07) is 18.6. The zero-order valence-corrected chi connectivity index (χ0v) is 17.0. The van der Waals surface area contributed by atoms with E-state index in [4.69, 9.17) is 4.74 Å². The van der Waals surface area contributed by atoms with Crippen LogP contribution in [0.3, 0.4) is 0 Å². The molecule has 0 radical (unpaired) electrons. The highest BCUT2D eigenvalue weighted by molar-refractivity contribution is 5.73. The lowest BCUT2D eigenvalue weighted by molar-refractivity contribution is -0.845. The van der Waals surface area contributed by atoms with E-state index in [-0.39, 0.29) is 17.4 Å². The molecule has 3 heteroatoms. The number of likely N-dealkylation sites (N-methyl/N-ethyl adjacent to an activating group) is 1. The van der Waals surface area contributed by atoms with Crippen LogP contribution >= 0.6 is 0 Å². The first kappa shape index (κ1) is 17.9. The predicted molar refractivity (Wildman–Crippen MR) is 110 cm³/mol. The van der Waals surface area contributed by atoms with Gasteiger partial charge in [-0.3, -0.25) is 9.28 Å². The topological polar surface area (TPSA) is 26.3 Å². The van der Waals surface area contributed by atoms with Gasteiger partial charge in [-0.2, -0.15) is 0 Å². The average molecular weight is 377 g/mol. The smallest absolute Gasteiger partial charge is 0.309 e. The van der Waals surface area contributed by atoms with Gasteiger partial charge in [0.15, 0.2) is 6.04 Å². The number of carbonyl (C=O) groups is 1. The van der Waals surface area contributed by atoms with Gasteiger partial charge in [-0.1, -0.05) is 48.5 Å². The molecule has 1 spiro atoms. The Morgan fingerprint density at radius 1 is 1.04 bits per heavy atom. The molecule has 0 N–H and O–H groups in total. The number of piperidine rings is 1. The van der Waals surface area contributed by atoms with Gasteiger partial charge in [0.1, 0.15) is 0 Å². The molecule has 2 aromatic carbocycles. The highest BCUT2D eigenvalue weighted by Crippen LogP contribution is 2.67. The fourth-order valence-corrected chi connectivity index (χ4v) is 6.66. The van der Waals surface area contributed by atoms with Crippen molar-refractivity contribution in [3.05, 3.63) is 70.8 Å². The Hall–Kier alpha value is -2.13. The minimum atomic E-state index is 0.00800. The summed E-state index contributed by atoms with van der Waals surface area (Å²) in [5.74, 6) is 0.0540. The first-order valence-electron chi connectivity index (χ1n) is 10.9. The summed E-state index contributed by atoms with van der Waals surface area (Å²) in [5.41, 5.74) is 6.02. The molecule has 0 amide bonds. The average Bonchev–Trinajstić information content (AvgIpc) is 3.39. The molecule has 2 aliphatic heterocycles. The van der Waals surface area contributed by atoms with Gasteiger partial charge in [0, 0.05) is 24.0 Å². The molecule has 146 valence electrons. The third kappa shape index (κ3) is 2.17. The molecule has 5 rings (SSSR count). The SMILES string of the molecule is CCOC(=O)C1CC[N+]2(CC)C(C1)C21c2ccccc2CCc2ccccc21. The van der Waals surface area contributed by atoms with Crippen molar-refractivity contribution >= 4 is 5.97 Å². The monoisotopic (exact) mass is 376 g/mol. The van der Waals surface area contributed by atoms with Crippen LogP contribution in [0.2, 0.25) is 0 Å². The van der Waals surface area contributed by atoms with E-state index in [9.17, 15) is 4.79 Å². The Balaban J connectivity index is 1.68. The first-order valence-corrected chi connectivity index (χ1v) is 10.9. The first-order chi connectivity index (χ1) is 13.7. The van der Waals surface area contributed by atoms with E-state index in [0.717, 1.165) is 43.3 Å². The normalized spacial score (nSPS) is 29.2. The summed E-state index contributed by atoms with van der Waals surface area (Å²) in [6.07, 6.45) is 4.09. The summed E-state index contributed by atoms with van der Waals surface area (Å²) in [5, 5.41) is 0. The molecule has 3 atom stereocenters. The van der Waals surface area contributed by atoms with Gasteiger partial charge in [-0.15, -0.1) is 0 Å². The second-order valence-electron chi connectivity index (χ2n) is 8.64. The lowest BCUT2D eigenvalue weighted by Crippen LogP contribution is -2.41. The Morgan fingerprint density at radius 3 is 2.21 bits per heavy atom. The van der Waals surface area contributed by atoms with Crippen molar-refractivity contribution in [2.75, 3.05) is 19.7 Å². The highest BCUT2D eigenvalue weighted by atomic mass is 16.5. The number of hydrogen-bond donors (Lipinski definition) is 0. The summed E-state index contributed by atoms with van der Waals surface area (Å²) in [7, 11) is 0. The zero-order chi connectivity index (χ0) is 19.4. The van der Waals surface area contributed by atoms with Gasteiger partial charge in [0.2, 0.25) is 5.54 Å². The summed E-state index contributed by atoms with van der Waals surface area (Å²) in [6.45, 7) is 6.90. The number of carbonyl (C=O) groups excluding carboxylic acids is 1. The molecule has 28 heavy (non-hydrogen) atoms. The van der Waals surface area contributed by atoms with Crippen molar-refractivity contribution in [3.8, 4) is 0 Å². The quantitative estimate of drug-likeness (QED) is 0.455. The maximum Gasteiger partial charge on any atom is 0.309 e. The second-order valence-corrected chi connectivity index (χ2v) is 8.64. The van der Waals surface area contributed by atoms with Crippen molar-refractivity contribution in [2.45, 2.75) is 51.1 Å². The molecule has 2 heterocycles. The minimum Gasteiger partial charge on any atom is -0.466 e. The molecule has 0 aromatic heterocycles. The molecule has 1 aliphatic carbocycles. The molecule has 0 saturated carbocycles. The van der Waals surface area contributed by atoms with E-state index >= 15 is 0 Å². The van der Waals surface area contributed by atoms with E-state index in [0.29, 0.717) is 12.6 Å². The van der Waals surface area contributed by atoms with Crippen LogP contribution in [0.1, 0.15) is 48.9 Å². The number of benzene rings is 2. The number of hydrogen-bond acceptors (Lipinski definition) is 2. The van der Waals surface area contributed by atoms with Crippen LogP contribution in [-0.4, -0.2) is 36.2 Å². The van der Waals surface area contributed by atoms with Crippen LogP contribution in [0.5, 0.6) is 0 Å². The summed E-state index contributed by atoms with van der Waals surface area (Å²) < 4.78 is 6.52. The molecular weight excluding hydrogens is 346 g/mol. The van der Waals surface area contributed by atoms with Gasteiger partial charge in [0.05, 0.1) is 25.6 Å². The van der Waals surface area contributed by atoms with E-state index in [1.165, 1.54) is 22.3 Å². The third-order valence-corrected chi connectivity index (χ3v) is 7.80. The van der Waals surface area contributed by atoms with Crippen molar-refractivity contribution in [2.24, 2.45) is 5.92 Å². The molecule has 2 saturated heterocycles. The van der Waals surface area contributed by atoms with Crippen LogP contribution in [0.15, 0.2) is 48.5 Å². The van der Waals surface area contributed by atoms with Crippen LogP contribution in [-0.2, 0) is 27.9 Å². The van der Waals surface area contributed by atoms with Gasteiger partial charge >= 0.3 is 5.97 Å². The molecular formula is C25H30NO2+. The number of nitrogens with zero attached hydrogens (tertiary/aromatic N) is 1. The largest absolute Gasteiger partial charge is 0.466 e. The molecule has 2 fully saturated rings.